The Kier molecular flexibility index (Phi) is 6.52. The van der Waals surface area contributed by atoms with E-state index in [1.54, 1.807) is 11.3 Å². The van der Waals surface area contributed by atoms with Crippen molar-refractivity contribution >= 4 is 16.5 Å². The lowest BCUT2D eigenvalue weighted by Crippen LogP contribution is -2.28. The summed E-state index contributed by atoms with van der Waals surface area (Å²) in [6.07, 6.45) is 5.62. The molecule has 4 heteroatoms. The summed E-state index contributed by atoms with van der Waals surface area (Å²) >= 11 is 1.80. The summed E-state index contributed by atoms with van der Waals surface area (Å²) < 4.78 is 0. The van der Waals surface area contributed by atoms with E-state index in [4.69, 9.17) is 0 Å². The van der Waals surface area contributed by atoms with Crippen LogP contribution in [0, 0.1) is 0 Å². The molecule has 1 unspecified atom stereocenters. The van der Waals surface area contributed by atoms with Crippen molar-refractivity contribution in [3.05, 3.63) is 11.1 Å². The highest BCUT2D eigenvalue weighted by Crippen LogP contribution is 2.24. The Bertz CT molecular complexity index is 311. The Labute approximate surface area is 109 Å². The molecule has 0 aliphatic rings. The second kappa shape index (κ2) is 7.67. The molecule has 1 aromatic heterocycles. The van der Waals surface area contributed by atoms with Crippen molar-refractivity contribution in [1.29, 1.82) is 0 Å². The van der Waals surface area contributed by atoms with Crippen molar-refractivity contribution in [2.24, 2.45) is 0 Å². The Morgan fingerprint density at radius 1 is 1.41 bits per heavy atom. The Hall–Kier alpha value is -0.610. The minimum atomic E-state index is 0.572. The topological polar surface area (TPSA) is 28.2 Å². The molecular weight excluding hydrogens is 230 g/mol. The van der Waals surface area contributed by atoms with Crippen molar-refractivity contribution in [2.45, 2.75) is 52.6 Å². The van der Waals surface area contributed by atoms with Crippen LogP contribution in [0.1, 0.15) is 44.9 Å². The molecule has 0 aromatic carbocycles. The predicted octanol–water partition coefficient (Wildman–Crippen LogP) is 3.27. The predicted molar refractivity (Wildman–Crippen MR) is 76.9 cm³/mol. The first kappa shape index (κ1) is 14.5. The summed E-state index contributed by atoms with van der Waals surface area (Å²) in [6, 6.07) is 0.572. The normalized spacial score (nSPS) is 12.7. The maximum absolute atomic E-state index is 4.50. The number of thiazole rings is 1. The Morgan fingerprint density at radius 3 is 2.82 bits per heavy atom. The maximum atomic E-state index is 4.50. The highest BCUT2D eigenvalue weighted by atomic mass is 32.1. The van der Waals surface area contributed by atoms with E-state index >= 15 is 0 Å². The molecule has 17 heavy (non-hydrogen) atoms. The van der Waals surface area contributed by atoms with Gasteiger partial charge in [0.15, 0.2) is 5.13 Å². The highest BCUT2D eigenvalue weighted by molar-refractivity contribution is 7.15. The maximum Gasteiger partial charge on any atom is 0.185 e. The first-order valence-electron chi connectivity index (χ1n) is 6.57. The molecule has 1 atom stereocenters. The van der Waals surface area contributed by atoms with Crippen LogP contribution < -0.4 is 10.2 Å². The third kappa shape index (κ3) is 4.64. The molecule has 0 amide bonds. The van der Waals surface area contributed by atoms with E-state index in [0.29, 0.717) is 6.04 Å². The van der Waals surface area contributed by atoms with Crippen LogP contribution in [-0.2, 0) is 6.54 Å². The SMILES string of the molecule is CCCNCc1cnc(N(C)C(C)CCC)s1. The molecule has 98 valence electrons. The summed E-state index contributed by atoms with van der Waals surface area (Å²) in [6.45, 7) is 8.70. The van der Waals surface area contributed by atoms with Crippen molar-refractivity contribution < 1.29 is 0 Å². The van der Waals surface area contributed by atoms with Crippen LogP contribution in [0.4, 0.5) is 5.13 Å². The van der Waals surface area contributed by atoms with Gasteiger partial charge >= 0.3 is 0 Å². The van der Waals surface area contributed by atoms with Gasteiger partial charge in [-0.15, -0.1) is 11.3 Å². The minimum absolute atomic E-state index is 0.572. The van der Waals surface area contributed by atoms with Crippen molar-refractivity contribution in [1.82, 2.24) is 10.3 Å². The quantitative estimate of drug-likeness (QED) is 0.723. The van der Waals surface area contributed by atoms with E-state index in [9.17, 15) is 0 Å². The van der Waals surface area contributed by atoms with E-state index in [2.05, 4.69) is 43.0 Å². The number of rotatable bonds is 8. The molecule has 3 nitrogen and oxygen atoms in total. The number of hydrogen-bond acceptors (Lipinski definition) is 4. The first-order valence-corrected chi connectivity index (χ1v) is 7.38. The van der Waals surface area contributed by atoms with Gasteiger partial charge in [0.1, 0.15) is 0 Å². The average Bonchev–Trinajstić information content (AvgIpc) is 2.77. The lowest BCUT2D eigenvalue weighted by atomic mass is 10.2. The van der Waals surface area contributed by atoms with E-state index in [1.807, 2.05) is 6.20 Å². The Balaban J connectivity index is 2.48. The Morgan fingerprint density at radius 2 is 2.18 bits per heavy atom. The molecule has 1 N–H and O–H groups in total. The largest absolute Gasteiger partial charge is 0.348 e. The summed E-state index contributed by atoms with van der Waals surface area (Å²) in [5.41, 5.74) is 0. The van der Waals surface area contributed by atoms with Crippen molar-refractivity contribution in [3.8, 4) is 0 Å². The minimum Gasteiger partial charge on any atom is -0.348 e. The molecule has 0 spiro atoms. The van der Waals surface area contributed by atoms with Crippen LogP contribution in [0.3, 0.4) is 0 Å². The van der Waals surface area contributed by atoms with Gasteiger partial charge in [-0.25, -0.2) is 4.98 Å². The van der Waals surface area contributed by atoms with Crippen LogP contribution >= 0.6 is 11.3 Å². The molecule has 0 bridgehead atoms. The van der Waals surface area contributed by atoms with E-state index in [0.717, 1.165) is 18.2 Å². The zero-order valence-electron chi connectivity index (χ0n) is 11.5. The lowest BCUT2D eigenvalue weighted by Gasteiger charge is -2.23. The summed E-state index contributed by atoms with van der Waals surface area (Å²) in [4.78, 5) is 8.11. The van der Waals surface area contributed by atoms with Crippen LogP contribution in [0.2, 0.25) is 0 Å². The van der Waals surface area contributed by atoms with Crippen molar-refractivity contribution in [3.63, 3.8) is 0 Å². The zero-order chi connectivity index (χ0) is 12.7. The smallest absolute Gasteiger partial charge is 0.185 e. The van der Waals surface area contributed by atoms with Crippen LogP contribution in [0.5, 0.6) is 0 Å². The van der Waals surface area contributed by atoms with Gasteiger partial charge in [0, 0.05) is 30.7 Å². The molecule has 0 saturated carbocycles. The van der Waals surface area contributed by atoms with E-state index in [1.165, 1.54) is 24.1 Å². The van der Waals surface area contributed by atoms with Gasteiger partial charge in [0.2, 0.25) is 0 Å². The molecule has 0 radical (unpaired) electrons. The lowest BCUT2D eigenvalue weighted by molar-refractivity contribution is 0.615. The van der Waals surface area contributed by atoms with Gasteiger partial charge in [0.25, 0.3) is 0 Å². The average molecular weight is 255 g/mol. The van der Waals surface area contributed by atoms with Gasteiger partial charge in [0.05, 0.1) is 0 Å². The zero-order valence-corrected chi connectivity index (χ0v) is 12.3. The standard InChI is InChI=1S/C13H25N3S/c1-5-7-11(3)16(4)13-15-10-12(17-13)9-14-8-6-2/h10-11,14H,5-9H2,1-4H3. The van der Waals surface area contributed by atoms with Gasteiger partial charge in [-0.05, 0) is 26.3 Å². The fraction of sp³-hybridized carbons (Fsp3) is 0.769. The molecule has 0 saturated heterocycles. The van der Waals surface area contributed by atoms with Gasteiger partial charge < -0.3 is 10.2 Å². The molecule has 0 fully saturated rings. The fourth-order valence-corrected chi connectivity index (χ4v) is 2.67. The molecular formula is C13H25N3S. The molecule has 1 heterocycles. The van der Waals surface area contributed by atoms with Crippen LogP contribution in [0.25, 0.3) is 0 Å². The molecule has 1 rings (SSSR count). The number of anilines is 1. The second-order valence-electron chi connectivity index (χ2n) is 4.53. The van der Waals surface area contributed by atoms with E-state index in [-0.39, 0.29) is 0 Å². The highest BCUT2D eigenvalue weighted by Gasteiger charge is 2.12. The third-order valence-electron chi connectivity index (χ3n) is 2.94. The van der Waals surface area contributed by atoms with Gasteiger partial charge in [-0.1, -0.05) is 20.3 Å². The summed E-state index contributed by atoms with van der Waals surface area (Å²) in [5.74, 6) is 0. The van der Waals surface area contributed by atoms with Gasteiger partial charge in [-0.2, -0.15) is 0 Å². The number of aromatic nitrogens is 1. The number of nitrogens with zero attached hydrogens (tertiary/aromatic N) is 2. The molecule has 0 aliphatic heterocycles. The third-order valence-corrected chi connectivity index (χ3v) is 4.02. The summed E-state index contributed by atoms with van der Waals surface area (Å²) in [5, 5.41) is 4.55. The van der Waals surface area contributed by atoms with E-state index < -0.39 is 0 Å². The monoisotopic (exact) mass is 255 g/mol. The number of hydrogen-bond donors (Lipinski definition) is 1. The van der Waals surface area contributed by atoms with Crippen LogP contribution in [0.15, 0.2) is 6.20 Å². The molecule has 0 aliphatic carbocycles. The summed E-state index contributed by atoms with van der Waals surface area (Å²) in [7, 11) is 2.14. The number of nitrogens with one attached hydrogen (secondary N) is 1. The molecule has 1 aromatic rings. The van der Waals surface area contributed by atoms with Crippen molar-refractivity contribution in [2.75, 3.05) is 18.5 Å². The fourth-order valence-electron chi connectivity index (χ4n) is 1.73. The first-order chi connectivity index (χ1) is 8.19. The van der Waals surface area contributed by atoms with Gasteiger partial charge in [-0.3, -0.25) is 0 Å². The van der Waals surface area contributed by atoms with Crippen LogP contribution in [-0.4, -0.2) is 24.6 Å². The second-order valence-corrected chi connectivity index (χ2v) is 5.63.